The molecule has 3 heterocycles. The van der Waals surface area contributed by atoms with E-state index in [0.29, 0.717) is 19.1 Å². The van der Waals surface area contributed by atoms with Gasteiger partial charge in [-0.1, -0.05) is 0 Å². The molecule has 0 radical (unpaired) electrons. The molecule has 8 nitrogen and oxygen atoms in total. The third-order valence-corrected chi connectivity index (χ3v) is 4.18. The third kappa shape index (κ3) is 2.75. The molecule has 0 amide bonds. The van der Waals surface area contributed by atoms with Crippen LogP contribution in [0, 0.1) is 0 Å². The summed E-state index contributed by atoms with van der Waals surface area (Å²) in [6, 6.07) is 0. The summed E-state index contributed by atoms with van der Waals surface area (Å²) in [7, 11) is -1.32. The zero-order valence-electron chi connectivity index (χ0n) is 11.3. The van der Waals surface area contributed by atoms with Gasteiger partial charge in [0.05, 0.1) is 31.4 Å². The fourth-order valence-electron chi connectivity index (χ4n) is 2.67. The van der Waals surface area contributed by atoms with Gasteiger partial charge in [-0.3, -0.25) is 0 Å². The fraction of sp³-hybridized carbons (Fsp3) is 0.727. The molecule has 3 rings (SSSR count). The lowest BCUT2D eigenvalue weighted by atomic mass is 10.2. The van der Waals surface area contributed by atoms with E-state index in [4.69, 9.17) is 15.0 Å². The standard InChI is InChI=1S/C11H20N5O3P/c1-20(17)18-4-7-2-3-8(19-7)16-6-15-9-10(12)13-5-14-11(9)16/h5,7-8,11,15,17H,2-4,6,12H2,1H3,(H,13,14)/t7-,8+,11?,20?/m0/s1. The van der Waals surface area contributed by atoms with E-state index in [1.54, 1.807) is 13.0 Å². The summed E-state index contributed by atoms with van der Waals surface area (Å²) in [5.41, 5.74) is 6.80. The van der Waals surface area contributed by atoms with E-state index in [9.17, 15) is 4.89 Å². The largest absolute Gasteiger partial charge is 0.384 e. The van der Waals surface area contributed by atoms with Crippen molar-refractivity contribution in [3.8, 4) is 0 Å². The Morgan fingerprint density at radius 2 is 2.50 bits per heavy atom. The number of nitrogens with zero attached hydrogens (tertiary/aromatic N) is 2. The summed E-state index contributed by atoms with van der Waals surface area (Å²) in [6.45, 7) is 2.77. The van der Waals surface area contributed by atoms with E-state index in [0.717, 1.165) is 18.5 Å². The van der Waals surface area contributed by atoms with E-state index in [-0.39, 0.29) is 18.5 Å². The fourth-order valence-corrected chi connectivity index (χ4v) is 3.06. The van der Waals surface area contributed by atoms with Crippen LogP contribution in [0.15, 0.2) is 16.5 Å². The van der Waals surface area contributed by atoms with E-state index in [1.807, 2.05) is 0 Å². The molecule has 2 saturated heterocycles. The van der Waals surface area contributed by atoms with Crippen LogP contribution in [0.4, 0.5) is 0 Å². The molecule has 2 fully saturated rings. The quantitative estimate of drug-likeness (QED) is 0.513. The number of nitrogens with two attached hydrogens (primary N) is 1. The Kier molecular flexibility index (Phi) is 4.09. The molecule has 112 valence electrons. The normalized spacial score (nSPS) is 34.8. The average molecular weight is 301 g/mol. The Labute approximate surface area is 118 Å². The molecule has 0 bridgehead atoms. The molecular formula is C11H20N5O3P. The Bertz CT molecular complexity index is 430. The van der Waals surface area contributed by atoms with Gasteiger partial charge in [0, 0.05) is 6.66 Å². The first kappa shape index (κ1) is 14.0. The molecule has 20 heavy (non-hydrogen) atoms. The number of aliphatic imine (C=N–C) groups is 1. The Morgan fingerprint density at radius 1 is 1.65 bits per heavy atom. The monoisotopic (exact) mass is 301 g/mol. The molecule has 3 aliphatic rings. The first-order valence-corrected chi connectivity index (χ1v) is 8.29. The van der Waals surface area contributed by atoms with Crippen LogP contribution in [-0.2, 0) is 9.26 Å². The summed E-state index contributed by atoms with van der Waals surface area (Å²) >= 11 is 0. The highest BCUT2D eigenvalue weighted by molar-refractivity contribution is 7.45. The second-order valence-corrected chi connectivity index (χ2v) is 6.21. The predicted molar refractivity (Wildman–Crippen MR) is 75.4 cm³/mol. The summed E-state index contributed by atoms with van der Waals surface area (Å²) in [6.07, 6.45) is 3.41. The van der Waals surface area contributed by atoms with Crippen molar-refractivity contribution in [1.82, 2.24) is 15.5 Å². The van der Waals surface area contributed by atoms with Crippen molar-refractivity contribution in [1.29, 1.82) is 0 Å². The predicted octanol–water partition coefficient (Wildman–Crippen LogP) is -0.610. The Hall–Kier alpha value is -0.920. The summed E-state index contributed by atoms with van der Waals surface area (Å²) in [5, 5.41) is 6.15. The molecule has 5 N–H and O–H groups in total. The highest BCUT2D eigenvalue weighted by Crippen LogP contribution is 2.32. The molecular weight excluding hydrogens is 281 g/mol. The molecule has 3 aliphatic heterocycles. The summed E-state index contributed by atoms with van der Waals surface area (Å²) in [4.78, 5) is 15.7. The van der Waals surface area contributed by atoms with Crippen molar-refractivity contribution >= 4 is 14.7 Å². The maximum Gasteiger partial charge on any atom is 0.164 e. The molecule has 0 aromatic rings. The molecule has 0 saturated carbocycles. The van der Waals surface area contributed by atoms with Crippen molar-refractivity contribution in [2.24, 2.45) is 10.7 Å². The maximum atomic E-state index is 9.19. The minimum atomic E-state index is -1.32. The van der Waals surface area contributed by atoms with Gasteiger partial charge >= 0.3 is 0 Å². The highest BCUT2D eigenvalue weighted by atomic mass is 31.2. The first-order chi connectivity index (χ1) is 9.65. The van der Waals surface area contributed by atoms with Gasteiger partial charge in [-0.2, -0.15) is 0 Å². The smallest absolute Gasteiger partial charge is 0.164 e. The van der Waals surface area contributed by atoms with E-state index in [1.165, 1.54) is 0 Å². The molecule has 2 unspecified atom stereocenters. The topological polar surface area (TPSA) is 104 Å². The van der Waals surface area contributed by atoms with E-state index >= 15 is 0 Å². The van der Waals surface area contributed by atoms with Gasteiger partial charge in [-0.05, 0) is 12.8 Å². The average Bonchev–Trinajstić information content (AvgIpc) is 3.02. The maximum absolute atomic E-state index is 9.19. The van der Waals surface area contributed by atoms with Gasteiger partial charge < -0.3 is 30.5 Å². The molecule has 0 aromatic carbocycles. The Morgan fingerprint density at radius 3 is 3.30 bits per heavy atom. The van der Waals surface area contributed by atoms with Gasteiger partial charge in [-0.25, -0.2) is 9.89 Å². The van der Waals surface area contributed by atoms with Crippen LogP contribution in [0.5, 0.6) is 0 Å². The van der Waals surface area contributed by atoms with Crippen LogP contribution in [0.1, 0.15) is 12.8 Å². The van der Waals surface area contributed by atoms with Gasteiger partial charge in [-0.15, -0.1) is 0 Å². The van der Waals surface area contributed by atoms with Crippen LogP contribution in [-0.4, -0.2) is 54.6 Å². The number of hydrogen-bond acceptors (Lipinski definition) is 8. The van der Waals surface area contributed by atoms with Crippen molar-refractivity contribution in [3.05, 3.63) is 11.5 Å². The molecule has 9 heteroatoms. The number of ether oxygens (including phenoxy) is 1. The van der Waals surface area contributed by atoms with Crippen molar-refractivity contribution < 1.29 is 14.2 Å². The summed E-state index contributed by atoms with van der Waals surface area (Å²) < 4.78 is 11.2. The first-order valence-electron chi connectivity index (χ1n) is 6.63. The van der Waals surface area contributed by atoms with Crippen LogP contribution in [0.25, 0.3) is 0 Å². The van der Waals surface area contributed by atoms with E-state index < -0.39 is 8.38 Å². The lowest BCUT2D eigenvalue weighted by Crippen LogP contribution is -2.41. The van der Waals surface area contributed by atoms with Crippen LogP contribution >= 0.6 is 8.38 Å². The zero-order valence-corrected chi connectivity index (χ0v) is 12.2. The molecule has 0 spiro atoms. The SMILES string of the molecule is CP(O)OC[C@@H]1CC[C@H](N2CNC3=C(N)NC=NC32)O1. The number of rotatable bonds is 4. The van der Waals surface area contributed by atoms with Crippen molar-refractivity contribution in [2.75, 3.05) is 19.9 Å². The number of fused-ring (bicyclic) bond motifs is 1. The van der Waals surface area contributed by atoms with Crippen LogP contribution in [0.2, 0.25) is 0 Å². The highest BCUT2D eigenvalue weighted by Gasteiger charge is 2.40. The second kappa shape index (κ2) is 5.83. The third-order valence-electron chi connectivity index (χ3n) is 3.65. The lowest BCUT2D eigenvalue weighted by Gasteiger charge is -2.28. The van der Waals surface area contributed by atoms with Gasteiger partial charge in [0.2, 0.25) is 0 Å². The van der Waals surface area contributed by atoms with Crippen molar-refractivity contribution in [2.45, 2.75) is 31.3 Å². The lowest BCUT2D eigenvalue weighted by molar-refractivity contribution is -0.0677. The molecule has 0 aromatic heterocycles. The minimum Gasteiger partial charge on any atom is -0.384 e. The van der Waals surface area contributed by atoms with Crippen molar-refractivity contribution in [3.63, 3.8) is 0 Å². The number of hydrogen-bond donors (Lipinski definition) is 4. The van der Waals surface area contributed by atoms with Crippen LogP contribution < -0.4 is 16.4 Å². The van der Waals surface area contributed by atoms with Gasteiger partial charge in [0.25, 0.3) is 0 Å². The van der Waals surface area contributed by atoms with E-state index in [2.05, 4.69) is 20.5 Å². The van der Waals surface area contributed by atoms with Gasteiger partial charge in [0.15, 0.2) is 14.5 Å². The van der Waals surface area contributed by atoms with Gasteiger partial charge in [0.1, 0.15) is 12.0 Å². The minimum absolute atomic E-state index is 0.00317. The zero-order chi connectivity index (χ0) is 14.1. The number of nitrogens with one attached hydrogen (secondary N) is 2. The molecule has 0 aliphatic carbocycles. The van der Waals surface area contributed by atoms with Crippen LogP contribution in [0.3, 0.4) is 0 Å². The molecule has 4 atom stereocenters. The Balaban J connectivity index is 1.59. The second-order valence-electron chi connectivity index (χ2n) is 5.02. The summed E-state index contributed by atoms with van der Waals surface area (Å²) in [5.74, 6) is 0.613.